The predicted molar refractivity (Wildman–Crippen MR) is 88.8 cm³/mol. The van der Waals surface area contributed by atoms with Gasteiger partial charge in [0.2, 0.25) is 0 Å². The molecule has 0 atom stereocenters. The van der Waals surface area contributed by atoms with E-state index in [1.165, 1.54) is 41.1 Å². The zero-order chi connectivity index (χ0) is 15.4. The van der Waals surface area contributed by atoms with Gasteiger partial charge in [-0.3, -0.25) is 14.6 Å². The molecule has 2 N–H and O–H groups in total. The van der Waals surface area contributed by atoms with Crippen LogP contribution in [0.2, 0.25) is 0 Å². The average Bonchev–Trinajstić information content (AvgIpc) is 3.21. The molecule has 22 heavy (non-hydrogen) atoms. The van der Waals surface area contributed by atoms with Crippen molar-refractivity contribution in [1.82, 2.24) is 4.98 Å². The van der Waals surface area contributed by atoms with Crippen molar-refractivity contribution >= 4 is 45.9 Å². The van der Waals surface area contributed by atoms with Crippen molar-refractivity contribution in [3.63, 3.8) is 0 Å². The van der Waals surface area contributed by atoms with E-state index in [2.05, 4.69) is 15.6 Å². The first-order valence-corrected chi connectivity index (χ1v) is 8.23. The molecular weight excluding hydrogens is 318 g/mol. The number of hydrogen-bond donors (Lipinski definition) is 2. The highest BCUT2D eigenvalue weighted by molar-refractivity contribution is 7.08. The number of carbonyl (C=O) groups is 2. The molecule has 110 valence electrons. The molecule has 0 bridgehead atoms. The maximum absolute atomic E-state index is 12.1. The lowest BCUT2D eigenvalue weighted by Gasteiger charge is -2.05. The molecule has 0 aliphatic rings. The quantitative estimate of drug-likeness (QED) is 0.766. The summed E-state index contributed by atoms with van der Waals surface area (Å²) in [5, 5.41) is 12.9. The van der Waals surface area contributed by atoms with Crippen LogP contribution in [0.15, 0.2) is 52.1 Å². The van der Waals surface area contributed by atoms with Gasteiger partial charge in [0.15, 0.2) is 0 Å². The largest absolute Gasteiger partial charge is 0.321 e. The molecule has 3 rings (SSSR count). The van der Waals surface area contributed by atoms with Crippen molar-refractivity contribution in [2.24, 2.45) is 0 Å². The fourth-order valence-corrected chi connectivity index (χ4v) is 2.94. The number of rotatable bonds is 4. The molecule has 3 aromatic heterocycles. The van der Waals surface area contributed by atoms with E-state index in [1.54, 1.807) is 0 Å². The fourth-order valence-electron chi connectivity index (χ4n) is 1.77. The Morgan fingerprint density at radius 3 is 1.77 bits per heavy atom. The van der Waals surface area contributed by atoms with Crippen LogP contribution in [0.3, 0.4) is 0 Å². The van der Waals surface area contributed by atoms with Crippen molar-refractivity contribution in [1.29, 1.82) is 0 Å². The number of anilines is 2. The van der Waals surface area contributed by atoms with Crippen LogP contribution < -0.4 is 10.6 Å². The molecule has 0 fully saturated rings. The van der Waals surface area contributed by atoms with Gasteiger partial charge < -0.3 is 10.6 Å². The predicted octanol–water partition coefficient (Wildman–Crippen LogP) is 3.71. The van der Waals surface area contributed by atoms with Crippen LogP contribution >= 0.6 is 22.7 Å². The number of aromatic nitrogens is 1. The lowest BCUT2D eigenvalue weighted by atomic mass is 10.2. The van der Waals surface area contributed by atoms with Crippen LogP contribution in [-0.2, 0) is 0 Å². The summed E-state index contributed by atoms with van der Waals surface area (Å²) in [5.74, 6) is -0.591. The highest BCUT2D eigenvalue weighted by Gasteiger charge is 2.12. The summed E-state index contributed by atoms with van der Waals surface area (Å²) >= 11 is 2.99. The number of nitrogens with zero attached hydrogens (tertiary/aromatic N) is 1. The zero-order valence-electron chi connectivity index (χ0n) is 11.3. The van der Waals surface area contributed by atoms with Crippen molar-refractivity contribution < 1.29 is 9.59 Å². The molecule has 0 aromatic carbocycles. The molecule has 3 heterocycles. The summed E-state index contributed by atoms with van der Waals surface area (Å²) in [6.45, 7) is 0. The minimum absolute atomic E-state index is 0.295. The van der Waals surface area contributed by atoms with Gasteiger partial charge in [0.1, 0.15) is 0 Å². The van der Waals surface area contributed by atoms with E-state index in [1.807, 2.05) is 33.7 Å². The van der Waals surface area contributed by atoms with E-state index in [0.29, 0.717) is 11.1 Å². The molecule has 2 amide bonds. The van der Waals surface area contributed by atoms with Gasteiger partial charge in [0.05, 0.1) is 22.5 Å². The number of amides is 2. The number of thiophene rings is 2. The van der Waals surface area contributed by atoms with Gasteiger partial charge in [-0.05, 0) is 29.0 Å². The molecule has 7 heteroatoms. The molecule has 0 saturated heterocycles. The van der Waals surface area contributed by atoms with E-state index in [4.69, 9.17) is 0 Å². The maximum Gasteiger partial charge on any atom is 0.257 e. The minimum atomic E-state index is -0.295. The Kier molecular flexibility index (Phi) is 4.27. The fraction of sp³-hybridized carbons (Fsp3) is 0. The van der Waals surface area contributed by atoms with E-state index in [0.717, 1.165) is 11.4 Å². The third-order valence-electron chi connectivity index (χ3n) is 2.82. The molecule has 0 aliphatic carbocycles. The van der Waals surface area contributed by atoms with Crippen LogP contribution in [0.25, 0.3) is 0 Å². The highest BCUT2D eigenvalue weighted by Crippen LogP contribution is 2.15. The zero-order valence-corrected chi connectivity index (χ0v) is 12.9. The van der Waals surface area contributed by atoms with E-state index >= 15 is 0 Å². The first-order valence-electron chi connectivity index (χ1n) is 6.34. The van der Waals surface area contributed by atoms with Crippen molar-refractivity contribution in [2.45, 2.75) is 0 Å². The molecule has 3 aromatic rings. The summed E-state index contributed by atoms with van der Waals surface area (Å²) in [5.41, 5.74) is 2.12. The third-order valence-corrected chi connectivity index (χ3v) is 4.19. The molecule has 0 aliphatic heterocycles. The average molecular weight is 329 g/mol. The van der Waals surface area contributed by atoms with Gasteiger partial charge in [0, 0.05) is 23.2 Å². The lowest BCUT2D eigenvalue weighted by Crippen LogP contribution is -2.15. The van der Waals surface area contributed by atoms with Gasteiger partial charge in [-0.2, -0.15) is 22.7 Å². The smallest absolute Gasteiger partial charge is 0.257 e. The van der Waals surface area contributed by atoms with Gasteiger partial charge in [0.25, 0.3) is 11.8 Å². The SMILES string of the molecule is O=C(Nc1ccsc1)c1cncc(C(=O)Nc2ccsc2)c1. The van der Waals surface area contributed by atoms with Gasteiger partial charge in [-0.1, -0.05) is 0 Å². The minimum Gasteiger partial charge on any atom is -0.321 e. The second-order valence-electron chi connectivity index (χ2n) is 4.39. The van der Waals surface area contributed by atoms with E-state index < -0.39 is 0 Å². The van der Waals surface area contributed by atoms with Crippen molar-refractivity contribution in [3.05, 3.63) is 63.2 Å². The Labute approximate surface area is 134 Å². The van der Waals surface area contributed by atoms with Crippen LogP contribution in [-0.4, -0.2) is 16.8 Å². The van der Waals surface area contributed by atoms with Crippen molar-refractivity contribution in [3.8, 4) is 0 Å². The van der Waals surface area contributed by atoms with Crippen LogP contribution in [0.1, 0.15) is 20.7 Å². The topological polar surface area (TPSA) is 71.1 Å². The number of carbonyl (C=O) groups excluding carboxylic acids is 2. The summed E-state index contributed by atoms with van der Waals surface area (Å²) in [4.78, 5) is 28.2. The molecule has 0 saturated carbocycles. The van der Waals surface area contributed by atoms with Crippen molar-refractivity contribution in [2.75, 3.05) is 10.6 Å². The monoisotopic (exact) mass is 329 g/mol. The van der Waals surface area contributed by atoms with E-state index in [-0.39, 0.29) is 11.8 Å². The van der Waals surface area contributed by atoms with Gasteiger partial charge in [-0.15, -0.1) is 0 Å². The third kappa shape index (κ3) is 3.38. The second-order valence-corrected chi connectivity index (χ2v) is 5.95. The van der Waals surface area contributed by atoms with Gasteiger partial charge >= 0.3 is 0 Å². The highest BCUT2D eigenvalue weighted by atomic mass is 32.1. The number of hydrogen-bond acceptors (Lipinski definition) is 5. The number of pyridine rings is 1. The van der Waals surface area contributed by atoms with Crippen LogP contribution in [0.4, 0.5) is 11.4 Å². The standard InChI is InChI=1S/C15H11N3O2S2/c19-14(17-12-1-3-21-8-12)10-5-11(7-16-6-10)15(20)18-13-2-4-22-9-13/h1-9H,(H,17,19)(H,18,20). The maximum atomic E-state index is 12.1. The summed E-state index contributed by atoms with van der Waals surface area (Å²) in [7, 11) is 0. The Bertz CT molecular complexity index is 719. The molecule has 0 unspecified atom stereocenters. The Balaban J connectivity index is 1.74. The number of nitrogens with one attached hydrogen (secondary N) is 2. The molecule has 0 radical (unpaired) electrons. The summed E-state index contributed by atoms with van der Waals surface area (Å²) in [6, 6.07) is 5.14. The first-order chi connectivity index (χ1) is 10.7. The second kappa shape index (κ2) is 6.50. The van der Waals surface area contributed by atoms with E-state index in [9.17, 15) is 9.59 Å². The summed E-state index contributed by atoms with van der Waals surface area (Å²) < 4.78 is 0. The lowest BCUT2D eigenvalue weighted by molar-refractivity contribution is 0.102. The molecule has 5 nitrogen and oxygen atoms in total. The summed E-state index contributed by atoms with van der Waals surface area (Å²) in [6.07, 6.45) is 2.87. The first kappa shape index (κ1) is 14.4. The molecule has 0 spiro atoms. The van der Waals surface area contributed by atoms with Gasteiger partial charge in [-0.25, -0.2) is 0 Å². The van der Waals surface area contributed by atoms with Crippen LogP contribution in [0, 0.1) is 0 Å². The normalized spacial score (nSPS) is 10.2. The van der Waals surface area contributed by atoms with Crippen LogP contribution in [0.5, 0.6) is 0 Å². The Morgan fingerprint density at radius 2 is 1.36 bits per heavy atom. The molecular formula is C15H11N3O2S2. The Morgan fingerprint density at radius 1 is 0.864 bits per heavy atom. The Hall–Kier alpha value is -2.51.